The molecule has 1 aromatic heterocycles. The Morgan fingerprint density at radius 2 is 1.78 bits per heavy atom. The van der Waals surface area contributed by atoms with E-state index in [0.717, 1.165) is 4.68 Å². The Balaban J connectivity index is 2.47. The number of nitrogens with one attached hydrogen (secondary N) is 2. The van der Waals surface area contributed by atoms with E-state index >= 15 is 0 Å². The summed E-state index contributed by atoms with van der Waals surface area (Å²) in [5.41, 5.74) is -2.07. The third kappa shape index (κ3) is 4.99. The monoisotopic (exact) mass is 384 g/mol. The first kappa shape index (κ1) is 20.3. The molecule has 7 nitrogen and oxygen atoms in total. The number of hydrazone groups is 1. The van der Waals surface area contributed by atoms with Gasteiger partial charge in [-0.3, -0.25) is 9.89 Å². The first-order valence-electron chi connectivity index (χ1n) is 7.91. The predicted molar refractivity (Wildman–Crippen MR) is 93.1 cm³/mol. The van der Waals surface area contributed by atoms with Gasteiger partial charge in [0.1, 0.15) is 5.60 Å². The number of benzene rings is 1. The van der Waals surface area contributed by atoms with Gasteiger partial charge >= 0.3 is 12.3 Å². The highest BCUT2D eigenvalue weighted by Gasteiger charge is 2.41. The van der Waals surface area contributed by atoms with Crippen LogP contribution in [0.2, 0.25) is 0 Å². The SMILES string of the molecule is Cc1[nH]n(-c2ccccc2)c(=O)c1/C(=N\NC(=O)OC(C)(C)C)C(F)(F)F. The van der Waals surface area contributed by atoms with E-state index in [1.165, 1.54) is 6.92 Å². The minimum absolute atomic E-state index is 0.0501. The molecule has 0 spiro atoms. The van der Waals surface area contributed by atoms with Crippen molar-refractivity contribution < 1.29 is 22.7 Å². The maximum absolute atomic E-state index is 13.5. The second-order valence-corrected chi connectivity index (χ2v) is 6.66. The molecular formula is C17H19F3N4O3. The third-order valence-electron chi connectivity index (χ3n) is 3.25. The van der Waals surface area contributed by atoms with Crippen LogP contribution in [0.25, 0.3) is 5.69 Å². The lowest BCUT2D eigenvalue weighted by atomic mass is 10.1. The molecule has 2 aromatic rings. The molecule has 0 aliphatic carbocycles. The van der Waals surface area contributed by atoms with E-state index < -0.39 is 34.7 Å². The molecule has 2 N–H and O–H groups in total. The van der Waals surface area contributed by atoms with Crippen molar-refractivity contribution in [1.82, 2.24) is 15.2 Å². The second-order valence-electron chi connectivity index (χ2n) is 6.66. The number of carbonyl (C=O) groups excluding carboxylic acids is 1. The van der Waals surface area contributed by atoms with Crippen molar-refractivity contribution in [3.05, 3.63) is 51.9 Å². The highest BCUT2D eigenvalue weighted by Crippen LogP contribution is 2.23. The molecule has 10 heteroatoms. The average Bonchev–Trinajstić information content (AvgIpc) is 2.81. The molecule has 1 heterocycles. The Bertz CT molecular complexity index is 906. The third-order valence-corrected chi connectivity index (χ3v) is 3.25. The van der Waals surface area contributed by atoms with Crippen LogP contribution in [0.1, 0.15) is 32.0 Å². The van der Waals surface area contributed by atoms with Gasteiger partial charge in [0.05, 0.1) is 11.3 Å². The highest BCUT2D eigenvalue weighted by molar-refractivity contribution is 6.05. The molecule has 27 heavy (non-hydrogen) atoms. The van der Waals surface area contributed by atoms with E-state index in [-0.39, 0.29) is 5.69 Å². The number of carbonyl (C=O) groups is 1. The topological polar surface area (TPSA) is 88.5 Å². The molecular weight excluding hydrogens is 365 g/mol. The number of aromatic amines is 1. The lowest BCUT2D eigenvalue weighted by Crippen LogP contribution is -2.35. The number of amides is 1. The van der Waals surface area contributed by atoms with Crippen molar-refractivity contribution in [3.63, 3.8) is 0 Å². The van der Waals surface area contributed by atoms with Gasteiger partial charge in [-0.1, -0.05) is 18.2 Å². The van der Waals surface area contributed by atoms with E-state index in [0.29, 0.717) is 5.69 Å². The van der Waals surface area contributed by atoms with Gasteiger partial charge in [0.15, 0.2) is 5.71 Å². The number of para-hydroxylation sites is 1. The molecule has 0 bridgehead atoms. The van der Waals surface area contributed by atoms with Gasteiger partial charge in [-0.25, -0.2) is 14.9 Å². The fourth-order valence-corrected chi connectivity index (χ4v) is 2.25. The van der Waals surface area contributed by atoms with Crippen LogP contribution in [0.3, 0.4) is 0 Å². The van der Waals surface area contributed by atoms with Gasteiger partial charge in [-0.2, -0.15) is 18.3 Å². The molecule has 0 aliphatic heterocycles. The molecule has 1 aromatic carbocycles. The zero-order chi connectivity index (χ0) is 20.4. The molecule has 146 valence electrons. The summed E-state index contributed by atoms with van der Waals surface area (Å²) in [6.45, 7) is 5.96. The van der Waals surface area contributed by atoms with Gasteiger partial charge in [-0.05, 0) is 39.8 Å². The number of aryl methyl sites for hydroxylation is 1. The molecule has 0 fully saturated rings. The van der Waals surface area contributed by atoms with Crippen LogP contribution in [-0.4, -0.2) is 33.4 Å². The number of ether oxygens (including phenoxy) is 1. The van der Waals surface area contributed by atoms with Crippen LogP contribution in [0, 0.1) is 6.92 Å². The number of rotatable bonds is 3. The molecule has 0 saturated heterocycles. The van der Waals surface area contributed by atoms with Gasteiger partial charge in [-0.15, -0.1) is 0 Å². The van der Waals surface area contributed by atoms with Crippen molar-refractivity contribution >= 4 is 11.8 Å². The number of alkyl halides is 3. The second kappa shape index (κ2) is 7.29. The van der Waals surface area contributed by atoms with Crippen molar-refractivity contribution in [2.24, 2.45) is 5.10 Å². The Labute approximate surface area is 152 Å². The van der Waals surface area contributed by atoms with Crippen molar-refractivity contribution in [3.8, 4) is 5.69 Å². The molecule has 0 atom stereocenters. The average molecular weight is 384 g/mol. The van der Waals surface area contributed by atoms with Crippen molar-refractivity contribution in [1.29, 1.82) is 0 Å². The van der Waals surface area contributed by atoms with Crippen LogP contribution in [0.5, 0.6) is 0 Å². The van der Waals surface area contributed by atoms with Gasteiger partial charge < -0.3 is 4.74 Å². The van der Waals surface area contributed by atoms with Gasteiger partial charge in [0.2, 0.25) is 0 Å². The summed E-state index contributed by atoms with van der Waals surface area (Å²) in [6, 6.07) is 8.11. The van der Waals surface area contributed by atoms with Crippen molar-refractivity contribution in [2.45, 2.75) is 39.5 Å². The van der Waals surface area contributed by atoms with Crippen LogP contribution >= 0.6 is 0 Å². The van der Waals surface area contributed by atoms with Crippen LogP contribution in [0.4, 0.5) is 18.0 Å². The Morgan fingerprint density at radius 1 is 1.19 bits per heavy atom. The largest absolute Gasteiger partial charge is 0.443 e. The molecule has 0 radical (unpaired) electrons. The van der Waals surface area contributed by atoms with E-state index in [1.54, 1.807) is 56.5 Å². The maximum Gasteiger partial charge on any atom is 0.435 e. The molecule has 0 aliphatic rings. The van der Waals surface area contributed by atoms with E-state index in [1.807, 2.05) is 0 Å². The normalized spacial score (nSPS) is 12.8. The van der Waals surface area contributed by atoms with E-state index in [4.69, 9.17) is 4.74 Å². The lowest BCUT2D eigenvalue weighted by Gasteiger charge is -2.18. The molecule has 1 amide bonds. The van der Waals surface area contributed by atoms with E-state index in [9.17, 15) is 22.8 Å². The number of hydrogen-bond acceptors (Lipinski definition) is 4. The Kier molecular flexibility index (Phi) is 5.48. The number of hydrogen-bond donors (Lipinski definition) is 2. The lowest BCUT2D eigenvalue weighted by molar-refractivity contribution is -0.0585. The highest BCUT2D eigenvalue weighted by atomic mass is 19.4. The minimum Gasteiger partial charge on any atom is -0.443 e. The number of halogens is 3. The van der Waals surface area contributed by atoms with Crippen LogP contribution in [-0.2, 0) is 4.74 Å². The first-order valence-corrected chi connectivity index (χ1v) is 7.91. The summed E-state index contributed by atoms with van der Waals surface area (Å²) in [5, 5.41) is 5.70. The predicted octanol–water partition coefficient (Wildman–Crippen LogP) is 3.27. The zero-order valence-electron chi connectivity index (χ0n) is 15.1. The fourth-order valence-electron chi connectivity index (χ4n) is 2.25. The maximum atomic E-state index is 13.5. The summed E-state index contributed by atoms with van der Waals surface area (Å²) >= 11 is 0. The zero-order valence-corrected chi connectivity index (χ0v) is 15.1. The quantitative estimate of drug-likeness (QED) is 0.629. The van der Waals surface area contributed by atoms with Crippen LogP contribution < -0.4 is 11.0 Å². The standard InChI is InChI=1S/C17H19F3N4O3/c1-10-12(14(25)24(23-10)11-8-6-5-7-9-11)13(17(18,19)20)21-22-15(26)27-16(2,3)4/h5-9,23H,1-4H3,(H,22,26)/b21-13+. The van der Waals surface area contributed by atoms with E-state index in [2.05, 4.69) is 10.2 Å². The summed E-state index contributed by atoms with van der Waals surface area (Å²) in [4.78, 5) is 24.2. The summed E-state index contributed by atoms with van der Waals surface area (Å²) in [7, 11) is 0. The first-order chi connectivity index (χ1) is 12.4. The number of aromatic nitrogens is 2. The minimum atomic E-state index is -4.98. The number of H-pyrrole nitrogens is 1. The van der Waals surface area contributed by atoms with Gasteiger partial charge in [0.25, 0.3) is 5.56 Å². The van der Waals surface area contributed by atoms with Gasteiger partial charge in [0, 0.05) is 5.69 Å². The smallest absolute Gasteiger partial charge is 0.435 e. The Hall–Kier alpha value is -3.04. The molecule has 0 unspecified atom stereocenters. The summed E-state index contributed by atoms with van der Waals surface area (Å²) in [6.07, 6.45) is -6.14. The summed E-state index contributed by atoms with van der Waals surface area (Å²) < 4.78 is 46.3. The number of nitrogens with zero attached hydrogens (tertiary/aromatic N) is 2. The van der Waals surface area contributed by atoms with Crippen molar-refractivity contribution in [2.75, 3.05) is 0 Å². The summed E-state index contributed by atoms with van der Waals surface area (Å²) in [5.74, 6) is 0. The van der Waals surface area contributed by atoms with Crippen LogP contribution in [0.15, 0.2) is 40.2 Å². The fraction of sp³-hybridized carbons (Fsp3) is 0.353. The Morgan fingerprint density at radius 3 is 2.30 bits per heavy atom. The molecule has 2 rings (SSSR count). The molecule has 0 saturated carbocycles.